The standard InChI is InChI=1S/C40H25NOS/c1-3-11-26(12-4-1)30-22-23-35(39-38(30)33-17-9-10-18-36(33)42-39)41(28-14-5-2-6-15-28)29-20-24-37-34(25-29)32-21-19-27-13-7-8-16-31(27)40(32)43-37/h1-25H. The lowest BCUT2D eigenvalue weighted by atomic mass is 9.98. The average Bonchev–Trinajstić information content (AvgIpc) is 3.65. The van der Waals surface area contributed by atoms with Crippen molar-refractivity contribution < 1.29 is 4.42 Å². The zero-order valence-corrected chi connectivity index (χ0v) is 24.0. The van der Waals surface area contributed by atoms with Crippen LogP contribution in [-0.2, 0) is 0 Å². The van der Waals surface area contributed by atoms with E-state index in [-0.39, 0.29) is 0 Å². The molecule has 0 aliphatic carbocycles. The smallest absolute Gasteiger partial charge is 0.160 e. The van der Waals surface area contributed by atoms with Gasteiger partial charge in [-0.25, -0.2) is 0 Å². The third-order valence-electron chi connectivity index (χ3n) is 8.45. The Balaban J connectivity index is 1.33. The summed E-state index contributed by atoms with van der Waals surface area (Å²) in [6, 6.07) is 54.1. The van der Waals surface area contributed by atoms with E-state index in [1.807, 2.05) is 17.4 Å². The highest BCUT2D eigenvalue weighted by molar-refractivity contribution is 7.26. The number of para-hydroxylation sites is 2. The van der Waals surface area contributed by atoms with Gasteiger partial charge < -0.3 is 9.32 Å². The lowest BCUT2D eigenvalue weighted by Gasteiger charge is -2.26. The normalized spacial score (nSPS) is 11.7. The molecule has 0 bridgehead atoms. The third kappa shape index (κ3) is 3.79. The molecule has 9 aromatic rings. The van der Waals surface area contributed by atoms with Gasteiger partial charge in [-0.15, -0.1) is 11.3 Å². The number of rotatable bonds is 4. The number of furan rings is 1. The fourth-order valence-electron chi connectivity index (χ4n) is 6.48. The Morgan fingerprint density at radius 2 is 1.26 bits per heavy atom. The summed E-state index contributed by atoms with van der Waals surface area (Å²) < 4.78 is 9.35. The minimum atomic E-state index is 0.882. The molecule has 43 heavy (non-hydrogen) atoms. The van der Waals surface area contributed by atoms with Gasteiger partial charge in [-0.2, -0.15) is 0 Å². The summed E-state index contributed by atoms with van der Waals surface area (Å²) in [5.41, 5.74) is 7.32. The summed E-state index contributed by atoms with van der Waals surface area (Å²) in [6.07, 6.45) is 0. The highest BCUT2D eigenvalue weighted by atomic mass is 32.1. The van der Waals surface area contributed by atoms with Crippen molar-refractivity contribution in [3.63, 3.8) is 0 Å². The molecule has 0 radical (unpaired) electrons. The molecule has 0 spiro atoms. The Morgan fingerprint density at radius 1 is 0.512 bits per heavy atom. The van der Waals surface area contributed by atoms with Crippen molar-refractivity contribution in [1.29, 1.82) is 0 Å². The first-order chi connectivity index (χ1) is 21.3. The summed E-state index contributed by atoms with van der Waals surface area (Å²) in [7, 11) is 0. The van der Waals surface area contributed by atoms with E-state index >= 15 is 0 Å². The molecule has 3 heteroatoms. The maximum atomic E-state index is 6.72. The van der Waals surface area contributed by atoms with E-state index < -0.39 is 0 Å². The van der Waals surface area contributed by atoms with E-state index in [2.05, 4.69) is 150 Å². The third-order valence-corrected chi connectivity index (χ3v) is 9.67. The van der Waals surface area contributed by atoms with E-state index in [1.54, 1.807) is 0 Å². The number of hydrogen-bond acceptors (Lipinski definition) is 3. The molecule has 0 saturated heterocycles. The number of fused-ring (bicyclic) bond motifs is 8. The SMILES string of the molecule is c1ccc(-c2ccc(N(c3ccccc3)c3ccc4sc5c6ccccc6ccc5c4c3)c3oc4ccccc4c23)cc1. The zero-order chi connectivity index (χ0) is 28.3. The Hall–Kier alpha value is -5.38. The Kier molecular flexibility index (Phi) is 5.40. The first kappa shape index (κ1) is 24.2. The molecule has 0 saturated carbocycles. The Morgan fingerprint density at radius 3 is 2.12 bits per heavy atom. The van der Waals surface area contributed by atoms with Crippen LogP contribution in [0, 0.1) is 0 Å². The second-order valence-corrected chi connectivity index (χ2v) is 12.0. The van der Waals surface area contributed by atoms with Gasteiger partial charge in [0.25, 0.3) is 0 Å². The highest BCUT2D eigenvalue weighted by Gasteiger charge is 2.22. The van der Waals surface area contributed by atoms with Crippen molar-refractivity contribution in [2.24, 2.45) is 0 Å². The van der Waals surface area contributed by atoms with Gasteiger partial charge in [0.05, 0.1) is 5.69 Å². The summed E-state index contributed by atoms with van der Waals surface area (Å²) in [4.78, 5) is 2.34. The molecule has 0 fully saturated rings. The van der Waals surface area contributed by atoms with Crippen LogP contribution in [0.2, 0.25) is 0 Å². The van der Waals surface area contributed by atoms with Crippen molar-refractivity contribution >= 4 is 81.3 Å². The Labute approximate surface area is 252 Å². The molecule has 0 aliphatic heterocycles. The van der Waals surface area contributed by atoms with Gasteiger partial charge in [0.15, 0.2) is 5.58 Å². The molecule has 2 heterocycles. The second kappa shape index (κ2) is 9.59. The molecule has 0 aliphatic rings. The number of benzene rings is 7. The molecule has 0 amide bonds. The van der Waals surface area contributed by atoms with Gasteiger partial charge in [0, 0.05) is 42.3 Å². The molecular formula is C40H25NOS. The largest absolute Gasteiger partial charge is 0.454 e. The van der Waals surface area contributed by atoms with Crippen LogP contribution < -0.4 is 4.90 Å². The first-order valence-corrected chi connectivity index (χ1v) is 15.3. The van der Waals surface area contributed by atoms with Crippen LogP contribution in [0.15, 0.2) is 156 Å². The molecule has 0 N–H and O–H groups in total. The van der Waals surface area contributed by atoms with Crippen LogP contribution in [0.5, 0.6) is 0 Å². The van der Waals surface area contributed by atoms with Crippen molar-refractivity contribution in [3.05, 3.63) is 152 Å². The van der Waals surface area contributed by atoms with E-state index in [0.29, 0.717) is 0 Å². The molecule has 0 atom stereocenters. The van der Waals surface area contributed by atoms with Crippen molar-refractivity contribution in [3.8, 4) is 11.1 Å². The number of nitrogens with zero attached hydrogens (tertiary/aromatic N) is 1. The molecule has 202 valence electrons. The average molecular weight is 568 g/mol. The Bertz CT molecular complexity index is 2460. The molecular weight excluding hydrogens is 543 g/mol. The second-order valence-electron chi connectivity index (χ2n) is 10.9. The number of thiophene rings is 1. The quantitative estimate of drug-likeness (QED) is 0.210. The molecule has 2 nitrogen and oxygen atoms in total. The van der Waals surface area contributed by atoms with Gasteiger partial charge >= 0.3 is 0 Å². The summed E-state index contributed by atoms with van der Waals surface area (Å²) in [6.45, 7) is 0. The van der Waals surface area contributed by atoms with Crippen LogP contribution >= 0.6 is 11.3 Å². The van der Waals surface area contributed by atoms with Crippen molar-refractivity contribution in [1.82, 2.24) is 0 Å². The minimum Gasteiger partial charge on any atom is -0.454 e. The van der Waals surface area contributed by atoms with Crippen LogP contribution in [-0.4, -0.2) is 0 Å². The zero-order valence-electron chi connectivity index (χ0n) is 23.2. The van der Waals surface area contributed by atoms with Crippen LogP contribution in [0.1, 0.15) is 0 Å². The molecule has 9 rings (SSSR count). The predicted molar refractivity (Wildman–Crippen MR) is 184 cm³/mol. The fraction of sp³-hybridized carbons (Fsp3) is 0. The predicted octanol–water partition coefficient (Wildman–Crippen LogP) is 12.2. The lowest BCUT2D eigenvalue weighted by Crippen LogP contribution is -2.10. The monoisotopic (exact) mass is 567 g/mol. The summed E-state index contributed by atoms with van der Waals surface area (Å²) in [5, 5.41) is 7.40. The number of hydrogen-bond donors (Lipinski definition) is 0. The van der Waals surface area contributed by atoms with Crippen molar-refractivity contribution in [2.75, 3.05) is 4.90 Å². The lowest BCUT2D eigenvalue weighted by molar-refractivity contribution is 0.669. The minimum absolute atomic E-state index is 0.882. The molecule has 0 unspecified atom stereocenters. The highest BCUT2D eigenvalue weighted by Crippen LogP contribution is 2.47. The van der Waals surface area contributed by atoms with E-state index in [4.69, 9.17) is 4.42 Å². The van der Waals surface area contributed by atoms with Gasteiger partial charge in [-0.1, -0.05) is 109 Å². The van der Waals surface area contributed by atoms with Gasteiger partial charge in [0.1, 0.15) is 5.58 Å². The van der Waals surface area contributed by atoms with E-state index in [9.17, 15) is 0 Å². The molecule has 7 aromatic carbocycles. The van der Waals surface area contributed by atoms with E-state index in [1.165, 1.54) is 42.1 Å². The molecule has 2 aromatic heterocycles. The maximum Gasteiger partial charge on any atom is 0.160 e. The van der Waals surface area contributed by atoms with Crippen LogP contribution in [0.3, 0.4) is 0 Å². The summed E-state index contributed by atoms with van der Waals surface area (Å²) >= 11 is 1.87. The summed E-state index contributed by atoms with van der Waals surface area (Å²) in [5.74, 6) is 0. The fourth-order valence-corrected chi connectivity index (χ4v) is 7.70. The van der Waals surface area contributed by atoms with E-state index in [0.717, 1.165) is 39.0 Å². The van der Waals surface area contributed by atoms with Crippen LogP contribution in [0.4, 0.5) is 17.1 Å². The van der Waals surface area contributed by atoms with Crippen molar-refractivity contribution in [2.45, 2.75) is 0 Å². The number of anilines is 3. The maximum absolute atomic E-state index is 6.72. The van der Waals surface area contributed by atoms with Crippen LogP contribution in [0.25, 0.3) is 64.0 Å². The van der Waals surface area contributed by atoms with Gasteiger partial charge in [-0.05, 0) is 64.4 Å². The first-order valence-electron chi connectivity index (χ1n) is 14.5. The topological polar surface area (TPSA) is 16.4 Å². The van der Waals surface area contributed by atoms with Gasteiger partial charge in [0.2, 0.25) is 0 Å². The van der Waals surface area contributed by atoms with Gasteiger partial charge in [-0.3, -0.25) is 0 Å².